The fourth-order valence-corrected chi connectivity index (χ4v) is 4.58. The van der Waals surface area contributed by atoms with Gasteiger partial charge in [-0.3, -0.25) is 4.90 Å². The third-order valence-electron chi connectivity index (χ3n) is 5.75. The topological polar surface area (TPSA) is 43.9 Å². The van der Waals surface area contributed by atoms with E-state index in [0.717, 1.165) is 59.6 Å². The van der Waals surface area contributed by atoms with E-state index in [1.54, 1.807) is 0 Å². The van der Waals surface area contributed by atoms with Gasteiger partial charge in [0.1, 0.15) is 24.4 Å². The van der Waals surface area contributed by atoms with Crippen LogP contribution < -0.4 is 15.3 Å². The van der Waals surface area contributed by atoms with Crippen LogP contribution in [0.2, 0.25) is 5.02 Å². The predicted molar refractivity (Wildman–Crippen MR) is 105 cm³/mol. The summed E-state index contributed by atoms with van der Waals surface area (Å²) in [5.74, 6) is 0.878. The van der Waals surface area contributed by atoms with Crippen LogP contribution >= 0.6 is 11.6 Å². The molecule has 0 amide bonds. The number of ether oxygens (including phenoxy) is 1. The van der Waals surface area contributed by atoms with Gasteiger partial charge in [-0.2, -0.15) is 0 Å². The highest BCUT2D eigenvalue weighted by molar-refractivity contribution is 6.30. The zero-order valence-electron chi connectivity index (χ0n) is 15.2. The highest BCUT2D eigenvalue weighted by atomic mass is 35.5. The van der Waals surface area contributed by atoms with Gasteiger partial charge in [-0.05, 0) is 49.9 Å². The smallest absolute Gasteiger partial charge is 0.339 e. The van der Waals surface area contributed by atoms with E-state index in [1.807, 2.05) is 19.1 Å². The number of nitrogens with one attached hydrogen (secondary N) is 1. The summed E-state index contributed by atoms with van der Waals surface area (Å²) < 4.78 is 11.8. The lowest BCUT2D eigenvalue weighted by molar-refractivity contribution is -0.945. The highest BCUT2D eigenvalue weighted by Crippen LogP contribution is 2.36. The van der Waals surface area contributed by atoms with Crippen LogP contribution in [0.1, 0.15) is 34.2 Å². The summed E-state index contributed by atoms with van der Waals surface area (Å²) in [6, 6.07) is 10.2. The Bertz CT molecular complexity index is 1100. The van der Waals surface area contributed by atoms with Crippen molar-refractivity contribution in [3.8, 4) is 5.75 Å². The van der Waals surface area contributed by atoms with Gasteiger partial charge in [0.2, 0.25) is 6.73 Å². The fourth-order valence-electron chi connectivity index (χ4n) is 4.46. The van der Waals surface area contributed by atoms with Crippen LogP contribution in [0.3, 0.4) is 0 Å². The fraction of sp³-hybridized carbons (Fsp3) is 0.318. The third kappa shape index (κ3) is 2.84. The van der Waals surface area contributed by atoms with Crippen molar-refractivity contribution < 1.29 is 14.1 Å². The number of rotatable bonds is 2. The second-order valence-corrected chi connectivity index (χ2v) is 8.02. The van der Waals surface area contributed by atoms with Crippen molar-refractivity contribution in [2.75, 3.05) is 6.73 Å². The van der Waals surface area contributed by atoms with Crippen LogP contribution in [0.4, 0.5) is 0 Å². The number of fused-ring (bicyclic) bond motifs is 4. The summed E-state index contributed by atoms with van der Waals surface area (Å²) in [5, 5.41) is 1.85. The average molecular weight is 383 g/mol. The number of quaternary nitrogens is 1. The standard InChI is InChI=1S/C22H20ClNO3/c1-13-20-15(9-19-17-3-2-4-18(17)22(25)27-21(13)19)11-24(12-26-20)10-14-5-7-16(23)8-6-14/h5-9H,2-4,10-12H2,1H3/p+1. The van der Waals surface area contributed by atoms with Gasteiger partial charge in [0.25, 0.3) is 0 Å². The normalized spacial score (nSPS) is 18.2. The Morgan fingerprint density at radius 3 is 2.74 bits per heavy atom. The van der Waals surface area contributed by atoms with Gasteiger partial charge < -0.3 is 9.15 Å². The summed E-state index contributed by atoms with van der Waals surface area (Å²) in [6.45, 7) is 4.37. The molecule has 1 atom stereocenters. The average Bonchev–Trinajstić information content (AvgIpc) is 3.16. The molecule has 5 heteroatoms. The second kappa shape index (κ2) is 6.39. The Kier molecular flexibility index (Phi) is 3.99. The zero-order valence-corrected chi connectivity index (χ0v) is 16.0. The van der Waals surface area contributed by atoms with Crippen LogP contribution in [0.5, 0.6) is 5.75 Å². The number of benzene rings is 2. The van der Waals surface area contributed by atoms with Gasteiger partial charge in [-0.15, -0.1) is 0 Å². The first-order valence-electron chi connectivity index (χ1n) is 9.42. The second-order valence-electron chi connectivity index (χ2n) is 7.59. The van der Waals surface area contributed by atoms with E-state index in [2.05, 4.69) is 18.2 Å². The van der Waals surface area contributed by atoms with Crippen molar-refractivity contribution in [3.05, 3.63) is 73.6 Å². The van der Waals surface area contributed by atoms with Crippen LogP contribution in [0.15, 0.2) is 39.5 Å². The molecule has 5 rings (SSSR count). The van der Waals surface area contributed by atoms with Crippen molar-refractivity contribution in [2.45, 2.75) is 39.3 Å². The van der Waals surface area contributed by atoms with Crippen molar-refractivity contribution in [1.29, 1.82) is 0 Å². The van der Waals surface area contributed by atoms with E-state index in [9.17, 15) is 4.79 Å². The number of aryl methyl sites for hydroxylation is 2. The maximum absolute atomic E-state index is 12.3. The van der Waals surface area contributed by atoms with Crippen molar-refractivity contribution in [3.63, 3.8) is 0 Å². The number of hydrogen-bond donors (Lipinski definition) is 1. The van der Waals surface area contributed by atoms with E-state index < -0.39 is 0 Å². The lowest BCUT2D eigenvalue weighted by atomic mass is 9.99. The van der Waals surface area contributed by atoms with Crippen LogP contribution in [0.25, 0.3) is 11.0 Å². The molecule has 4 nitrogen and oxygen atoms in total. The van der Waals surface area contributed by atoms with Crippen LogP contribution in [-0.2, 0) is 25.9 Å². The molecule has 1 unspecified atom stereocenters. The van der Waals surface area contributed by atoms with Gasteiger partial charge in [0.05, 0.1) is 0 Å². The Hall–Kier alpha value is -2.30. The molecular formula is C22H21ClNO3+. The monoisotopic (exact) mass is 382 g/mol. The SMILES string of the molecule is Cc1c2c(cc3c4c(c(=O)oc13)CCC4)C[NH+](Cc1ccc(Cl)cc1)CO2. The van der Waals surface area contributed by atoms with Gasteiger partial charge in [0, 0.05) is 32.7 Å². The lowest BCUT2D eigenvalue weighted by Gasteiger charge is -2.28. The quantitative estimate of drug-likeness (QED) is 0.692. The van der Waals surface area contributed by atoms with E-state index in [-0.39, 0.29) is 5.63 Å². The van der Waals surface area contributed by atoms with Gasteiger partial charge in [0.15, 0.2) is 0 Å². The molecule has 138 valence electrons. The summed E-state index contributed by atoms with van der Waals surface area (Å²) in [4.78, 5) is 13.6. The summed E-state index contributed by atoms with van der Waals surface area (Å²) in [6.07, 6.45) is 2.81. The molecule has 2 aliphatic rings. The molecule has 0 saturated heterocycles. The number of hydrogen-bond acceptors (Lipinski definition) is 3. The van der Waals surface area contributed by atoms with Gasteiger partial charge in [-0.25, -0.2) is 4.79 Å². The Labute approximate surface area is 162 Å². The highest BCUT2D eigenvalue weighted by Gasteiger charge is 2.27. The van der Waals surface area contributed by atoms with Crippen molar-refractivity contribution >= 4 is 22.6 Å². The molecule has 3 aromatic rings. The van der Waals surface area contributed by atoms with E-state index in [1.165, 1.54) is 21.6 Å². The molecule has 2 aromatic carbocycles. The third-order valence-corrected chi connectivity index (χ3v) is 6.00. The molecule has 1 aromatic heterocycles. The molecule has 0 bridgehead atoms. The molecular weight excluding hydrogens is 362 g/mol. The zero-order chi connectivity index (χ0) is 18.5. The van der Waals surface area contributed by atoms with Crippen LogP contribution in [-0.4, -0.2) is 6.73 Å². The maximum Gasteiger partial charge on any atom is 0.339 e. The minimum Gasteiger partial charge on any atom is -0.444 e. The van der Waals surface area contributed by atoms with Crippen molar-refractivity contribution in [1.82, 2.24) is 0 Å². The predicted octanol–water partition coefficient (Wildman–Crippen LogP) is 3.18. The molecule has 1 N–H and O–H groups in total. The molecule has 0 radical (unpaired) electrons. The molecule has 2 heterocycles. The van der Waals surface area contributed by atoms with Crippen LogP contribution in [0, 0.1) is 6.92 Å². The molecule has 1 aliphatic heterocycles. The molecule has 0 saturated carbocycles. The van der Waals surface area contributed by atoms with Gasteiger partial charge >= 0.3 is 5.63 Å². The first-order valence-corrected chi connectivity index (χ1v) is 9.80. The summed E-state index contributed by atoms with van der Waals surface area (Å²) in [5.41, 5.74) is 5.94. The Balaban J connectivity index is 1.53. The summed E-state index contributed by atoms with van der Waals surface area (Å²) >= 11 is 5.99. The van der Waals surface area contributed by atoms with Crippen molar-refractivity contribution in [2.24, 2.45) is 0 Å². The van der Waals surface area contributed by atoms with Gasteiger partial charge in [-0.1, -0.05) is 23.7 Å². The minimum atomic E-state index is -0.177. The molecule has 0 spiro atoms. The number of halogens is 1. The van der Waals surface area contributed by atoms with E-state index in [4.69, 9.17) is 20.8 Å². The molecule has 0 fully saturated rings. The molecule has 27 heavy (non-hydrogen) atoms. The minimum absolute atomic E-state index is 0.177. The maximum atomic E-state index is 12.3. The Morgan fingerprint density at radius 2 is 1.93 bits per heavy atom. The molecule has 1 aliphatic carbocycles. The lowest BCUT2D eigenvalue weighted by Crippen LogP contribution is -3.10. The first kappa shape index (κ1) is 16.8. The first-order chi connectivity index (χ1) is 13.1. The summed E-state index contributed by atoms with van der Waals surface area (Å²) in [7, 11) is 0. The largest absolute Gasteiger partial charge is 0.444 e. The van der Waals surface area contributed by atoms with E-state index in [0.29, 0.717) is 12.3 Å². The van der Waals surface area contributed by atoms with E-state index >= 15 is 0 Å². The Morgan fingerprint density at radius 1 is 1.15 bits per heavy atom.